The number of nitrogens with zero attached hydrogens (tertiary/aromatic N) is 3. The number of alkyl halides is 3. The van der Waals surface area contributed by atoms with E-state index in [4.69, 9.17) is 23.2 Å². The van der Waals surface area contributed by atoms with Gasteiger partial charge in [-0.1, -0.05) is 30.1 Å². The van der Waals surface area contributed by atoms with Gasteiger partial charge in [0.25, 0.3) is 5.91 Å². The number of aromatic nitrogens is 3. The maximum absolute atomic E-state index is 13.4. The molecule has 12 heteroatoms. The molecule has 1 unspecified atom stereocenters. The molecule has 0 aliphatic heterocycles. The summed E-state index contributed by atoms with van der Waals surface area (Å²) >= 11 is 11.9. The van der Waals surface area contributed by atoms with Gasteiger partial charge < -0.3 is 5.32 Å². The Bertz CT molecular complexity index is 1200. The summed E-state index contributed by atoms with van der Waals surface area (Å²) < 4.78 is 53.6. The third kappa shape index (κ3) is 4.24. The zero-order valence-corrected chi connectivity index (χ0v) is 16.6. The molecule has 3 aromatic rings. The van der Waals surface area contributed by atoms with Crippen LogP contribution in [0, 0.1) is 5.82 Å². The summed E-state index contributed by atoms with van der Waals surface area (Å²) in [5.74, 6) is -2.09. The summed E-state index contributed by atoms with van der Waals surface area (Å²) in [5, 5.41) is 1.50. The maximum Gasteiger partial charge on any atom is 0.408 e. The Morgan fingerprint density at radius 1 is 1.30 bits per heavy atom. The summed E-state index contributed by atoms with van der Waals surface area (Å²) in [7, 11) is 0. The van der Waals surface area contributed by atoms with Gasteiger partial charge in [0.1, 0.15) is 22.6 Å². The molecule has 0 aliphatic carbocycles. The highest BCUT2D eigenvalue weighted by atomic mass is 35.5. The van der Waals surface area contributed by atoms with Gasteiger partial charge in [-0.05, 0) is 24.6 Å². The highest BCUT2D eigenvalue weighted by Crippen LogP contribution is 2.25. The lowest BCUT2D eigenvalue weighted by molar-refractivity contribution is -0.153. The molecule has 0 saturated heterocycles. The Morgan fingerprint density at radius 2 is 2.00 bits per heavy atom. The summed E-state index contributed by atoms with van der Waals surface area (Å²) in [6.07, 6.45) is -3.35. The molecule has 0 aliphatic rings. The molecule has 6 nitrogen and oxygen atoms in total. The van der Waals surface area contributed by atoms with Crippen molar-refractivity contribution in [3.63, 3.8) is 0 Å². The number of amides is 1. The number of fused-ring (bicyclic) bond motifs is 1. The van der Waals surface area contributed by atoms with Gasteiger partial charge in [0.15, 0.2) is 11.5 Å². The van der Waals surface area contributed by atoms with Gasteiger partial charge in [0.2, 0.25) is 5.43 Å². The van der Waals surface area contributed by atoms with Crippen LogP contribution in [0.2, 0.25) is 10.2 Å². The van der Waals surface area contributed by atoms with Gasteiger partial charge >= 0.3 is 6.18 Å². The monoisotopic (exact) mass is 462 g/mol. The minimum Gasteiger partial charge on any atom is -0.340 e. The highest BCUT2D eigenvalue weighted by molar-refractivity contribution is 6.32. The molecule has 1 atom stereocenters. The van der Waals surface area contributed by atoms with Gasteiger partial charge in [0, 0.05) is 6.20 Å². The van der Waals surface area contributed by atoms with Gasteiger partial charge in [-0.2, -0.15) is 13.2 Å². The lowest BCUT2D eigenvalue weighted by atomic mass is 10.1. The lowest BCUT2D eigenvalue weighted by Gasteiger charge is -2.20. The van der Waals surface area contributed by atoms with E-state index >= 15 is 0 Å². The molecule has 158 valence electrons. The van der Waals surface area contributed by atoms with Crippen LogP contribution in [-0.2, 0) is 0 Å². The Labute approximate surface area is 176 Å². The van der Waals surface area contributed by atoms with E-state index < -0.39 is 41.4 Å². The quantitative estimate of drug-likeness (QED) is 0.463. The Balaban J connectivity index is 2.24. The number of carbonyl (C=O) groups excluding carboxylic acids is 1. The van der Waals surface area contributed by atoms with Crippen molar-refractivity contribution in [3.8, 4) is 5.82 Å². The van der Waals surface area contributed by atoms with Crippen LogP contribution in [0.1, 0.15) is 23.7 Å². The van der Waals surface area contributed by atoms with Crippen LogP contribution in [-0.4, -0.2) is 32.7 Å². The summed E-state index contributed by atoms with van der Waals surface area (Å²) in [5.41, 5.74) is -1.53. The first kappa shape index (κ1) is 22.0. The molecule has 0 aromatic carbocycles. The Hall–Kier alpha value is -2.72. The smallest absolute Gasteiger partial charge is 0.340 e. The number of nitrogens with one attached hydrogen (secondary N) is 1. The maximum atomic E-state index is 13.4. The largest absolute Gasteiger partial charge is 0.408 e. The number of carbonyl (C=O) groups is 1. The van der Waals surface area contributed by atoms with Crippen molar-refractivity contribution in [1.82, 2.24) is 19.9 Å². The minimum absolute atomic E-state index is 0.00537. The molecule has 3 aromatic heterocycles. The fourth-order valence-corrected chi connectivity index (χ4v) is 3.13. The van der Waals surface area contributed by atoms with E-state index in [1.54, 1.807) is 5.32 Å². The van der Waals surface area contributed by atoms with Crippen molar-refractivity contribution in [2.45, 2.75) is 25.6 Å². The molecule has 1 amide bonds. The van der Waals surface area contributed by atoms with Crippen molar-refractivity contribution in [2.24, 2.45) is 0 Å². The van der Waals surface area contributed by atoms with Crippen molar-refractivity contribution >= 4 is 40.1 Å². The van der Waals surface area contributed by atoms with Crippen LogP contribution in [0.5, 0.6) is 0 Å². The van der Waals surface area contributed by atoms with E-state index in [1.807, 2.05) is 0 Å². The Kier molecular flexibility index (Phi) is 6.00. The second kappa shape index (κ2) is 8.19. The van der Waals surface area contributed by atoms with Gasteiger partial charge in [-0.3, -0.25) is 14.2 Å². The molecule has 0 fully saturated rings. The summed E-state index contributed by atoms with van der Waals surface area (Å²) in [6.45, 7) is 1.24. The Morgan fingerprint density at radius 3 is 2.60 bits per heavy atom. The van der Waals surface area contributed by atoms with Crippen LogP contribution < -0.4 is 10.7 Å². The number of rotatable bonds is 4. The van der Waals surface area contributed by atoms with E-state index in [2.05, 4.69) is 9.97 Å². The van der Waals surface area contributed by atoms with Gasteiger partial charge in [-0.15, -0.1) is 0 Å². The molecule has 3 rings (SSSR count). The van der Waals surface area contributed by atoms with E-state index in [-0.39, 0.29) is 27.0 Å². The second-order valence-corrected chi connectivity index (χ2v) is 6.98. The first-order valence-corrected chi connectivity index (χ1v) is 9.19. The van der Waals surface area contributed by atoms with Crippen molar-refractivity contribution < 1.29 is 22.4 Å². The molecule has 3 heterocycles. The molecule has 1 N–H and O–H groups in total. The first-order valence-electron chi connectivity index (χ1n) is 8.43. The lowest BCUT2D eigenvalue weighted by Crippen LogP contribution is -2.46. The third-order valence-corrected chi connectivity index (χ3v) is 4.68. The van der Waals surface area contributed by atoms with Crippen molar-refractivity contribution in [1.29, 1.82) is 0 Å². The second-order valence-electron chi connectivity index (χ2n) is 6.18. The molecular formula is C18H12Cl2F4N4O2. The highest BCUT2D eigenvalue weighted by Gasteiger charge is 2.39. The molecule has 30 heavy (non-hydrogen) atoms. The van der Waals surface area contributed by atoms with Crippen LogP contribution in [0.15, 0.2) is 35.4 Å². The molecule has 0 saturated carbocycles. The van der Waals surface area contributed by atoms with E-state index in [0.717, 1.165) is 23.0 Å². The van der Waals surface area contributed by atoms with E-state index in [1.165, 1.54) is 19.1 Å². The zero-order chi connectivity index (χ0) is 22.2. The van der Waals surface area contributed by atoms with Crippen LogP contribution in [0.4, 0.5) is 17.6 Å². The number of halogens is 6. The SMILES string of the molecule is CCC(NC(=O)c1cn(-c2ncc(F)cc2Cl)c2nc(Cl)ccc2c1=O)C(F)(F)F. The molecule has 0 bridgehead atoms. The fraction of sp³-hybridized carbons (Fsp3) is 0.222. The summed E-state index contributed by atoms with van der Waals surface area (Å²) in [6, 6.07) is 1.33. The van der Waals surface area contributed by atoms with E-state index in [0.29, 0.717) is 0 Å². The fourth-order valence-electron chi connectivity index (χ4n) is 2.74. The number of pyridine rings is 3. The first-order chi connectivity index (χ1) is 14.0. The zero-order valence-electron chi connectivity index (χ0n) is 15.1. The topological polar surface area (TPSA) is 76.9 Å². The minimum atomic E-state index is -4.70. The normalized spacial score (nSPS) is 12.8. The standard InChI is InChI=1S/C18H12Cl2F4N4O2/c1-2-12(18(22,23)24)26-17(30)10-7-28(16-11(19)5-8(21)6-25-16)15-9(14(10)29)3-4-13(20)27-15/h3-7,12H,2H2,1H3,(H,26,30). The molecular weight excluding hydrogens is 451 g/mol. The third-order valence-electron chi connectivity index (χ3n) is 4.19. The van der Waals surface area contributed by atoms with Crippen LogP contribution >= 0.6 is 23.2 Å². The predicted octanol–water partition coefficient (Wildman–Crippen LogP) is 4.30. The summed E-state index contributed by atoms with van der Waals surface area (Å²) in [4.78, 5) is 33.2. The van der Waals surface area contributed by atoms with Crippen molar-refractivity contribution in [3.05, 3.63) is 62.4 Å². The number of hydrogen-bond acceptors (Lipinski definition) is 4. The predicted molar refractivity (Wildman–Crippen MR) is 103 cm³/mol. The van der Waals surface area contributed by atoms with Crippen LogP contribution in [0.3, 0.4) is 0 Å². The average Bonchev–Trinajstić information content (AvgIpc) is 2.66. The number of hydrogen-bond donors (Lipinski definition) is 1. The average molecular weight is 463 g/mol. The van der Waals surface area contributed by atoms with Crippen LogP contribution in [0.25, 0.3) is 16.9 Å². The molecule has 0 radical (unpaired) electrons. The van der Waals surface area contributed by atoms with Crippen molar-refractivity contribution in [2.75, 3.05) is 0 Å². The molecule has 0 spiro atoms. The van der Waals surface area contributed by atoms with E-state index in [9.17, 15) is 27.2 Å². The van der Waals surface area contributed by atoms with Gasteiger partial charge in [-0.25, -0.2) is 14.4 Å². The van der Waals surface area contributed by atoms with Gasteiger partial charge in [0.05, 0.1) is 16.6 Å².